The first kappa shape index (κ1) is 31.0. The van der Waals surface area contributed by atoms with Crippen LogP contribution in [0.5, 0.6) is 5.75 Å². The minimum atomic E-state index is -0.671. The topological polar surface area (TPSA) is 123 Å². The minimum Gasteiger partial charge on any atom is -0.496 e. The zero-order valence-electron chi connectivity index (χ0n) is 25.7. The summed E-state index contributed by atoms with van der Waals surface area (Å²) < 4.78 is 10.6. The van der Waals surface area contributed by atoms with Crippen LogP contribution in [0.3, 0.4) is 0 Å². The third-order valence-electron chi connectivity index (χ3n) is 7.18. The molecule has 0 spiro atoms. The van der Waals surface area contributed by atoms with Crippen LogP contribution in [0.1, 0.15) is 52.6 Å². The van der Waals surface area contributed by atoms with Gasteiger partial charge in [-0.25, -0.2) is 4.79 Å². The molecule has 0 bridgehead atoms. The summed E-state index contributed by atoms with van der Waals surface area (Å²) in [6.45, 7) is 5.99. The molecule has 1 aliphatic rings. The molecule has 4 N–H and O–H groups in total. The van der Waals surface area contributed by atoms with Crippen molar-refractivity contribution in [2.45, 2.75) is 26.3 Å². The van der Waals surface area contributed by atoms with Gasteiger partial charge in [-0.1, -0.05) is 48.5 Å². The van der Waals surface area contributed by atoms with E-state index in [-0.39, 0.29) is 25.0 Å². The first-order valence-electron chi connectivity index (χ1n) is 14.6. The Bertz CT molecular complexity index is 1760. The van der Waals surface area contributed by atoms with E-state index >= 15 is 0 Å². The van der Waals surface area contributed by atoms with Crippen molar-refractivity contribution in [2.24, 2.45) is 5.73 Å². The van der Waals surface area contributed by atoms with Crippen LogP contribution in [0.15, 0.2) is 97.1 Å². The van der Waals surface area contributed by atoms with Gasteiger partial charge >= 0.3 is 5.97 Å². The summed E-state index contributed by atoms with van der Waals surface area (Å²) in [5.41, 5.74) is 10.9. The molecule has 5 rings (SSSR count). The molecule has 0 aromatic heterocycles. The number of nitrogens with two attached hydrogens (primary N) is 1. The Morgan fingerprint density at radius 2 is 1.60 bits per heavy atom. The normalized spacial score (nSPS) is 13.4. The molecule has 1 aliphatic heterocycles. The smallest absolute Gasteiger partial charge is 0.338 e. The number of esters is 1. The second kappa shape index (κ2) is 13.1. The molecule has 9 heteroatoms. The summed E-state index contributed by atoms with van der Waals surface area (Å²) in [7, 11) is 1.53. The van der Waals surface area contributed by atoms with Crippen molar-refractivity contribution in [1.29, 1.82) is 0 Å². The Kier molecular flexibility index (Phi) is 9.01. The summed E-state index contributed by atoms with van der Waals surface area (Å²) in [6, 6.07) is 29.0. The molecule has 0 saturated carbocycles. The van der Waals surface area contributed by atoms with Crippen molar-refractivity contribution < 1.29 is 23.9 Å². The highest BCUT2D eigenvalue weighted by Gasteiger charge is 2.30. The average molecular weight is 605 g/mol. The predicted molar refractivity (Wildman–Crippen MR) is 177 cm³/mol. The van der Waals surface area contributed by atoms with Crippen LogP contribution in [0.2, 0.25) is 0 Å². The van der Waals surface area contributed by atoms with E-state index in [2.05, 4.69) is 10.6 Å². The molecule has 2 amide bonds. The number of nitrogens with zero attached hydrogens (tertiary/aromatic N) is 1. The quantitative estimate of drug-likeness (QED) is 0.146. The van der Waals surface area contributed by atoms with Crippen molar-refractivity contribution in [1.82, 2.24) is 0 Å². The molecule has 0 atom stereocenters. The Balaban J connectivity index is 1.52. The van der Waals surface area contributed by atoms with Gasteiger partial charge in [-0.2, -0.15) is 0 Å². The molecular formula is C36H36N4O5. The second-order valence-corrected chi connectivity index (χ2v) is 11.3. The molecule has 0 aliphatic carbocycles. The fourth-order valence-electron chi connectivity index (χ4n) is 5.17. The Morgan fingerprint density at radius 1 is 0.911 bits per heavy atom. The summed E-state index contributed by atoms with van der Waals surface area (Å²) in [5.74, 6) is -0.512. The molecule has 0 radical (unpaired) electrons. The van der Waals surface area contributed by atoms with E-state index < -0.39 is 11.5 Å². The molecule has 4 aromatic rings. The van der Waals surface area contributed by atoms with Crippen molar-refractivity contribution in [2.75, 3.05) is 35.8 Å². The van der Waals surface area contributed by atoms with Gasteiger partial charge in [-0.3, -0.25) is 9.59 Å². The van der Waals surface area contributed by atoms with Crippen molar-refractivity contribution in [3.05, 3.63) is 119 Å². The van der Waals surface area contributed by atoms with E-state index in [1.54, 1.807) is 48.2 Å². The number of para-hydroxylation sites is 1. The van der Waals surface area contributed by atoms with Gasteiger partial charge in [0.05, 0.1) is 41.8 Å². The van der Waals surface area contributed by atoms with Crippen LogP contribution in [0, 0.1) is 0 Å². The number of carbonyl (C=O) groups excluding carboxylic acids is 3. The van der Waals surface area contributed by atoms with E-state index in [9.17, 15) is 14.4 Å². The van der Waals surface area contributed by atoms with Crippen molar-refractivity contribution in [3.8, 4) is 5.75 Å². The molecule has 0 fully saturated rings. The standard InChI is InChI=1S/C36H36N4O5/c1-5-45-35(43)24-15-20-27-29(21-24)39-33(41)31(27)32(23-11-7-6-8-12-23)38-25-16-18-26(19-17-25)40(22-36(2,3)37)34(42)28-13-9-10-14-30(28)44-4/h6-21,38H,5,22,37H2,1-4H3,(H,39,41). The fourth-order valence-corrected chi connectivity index (χ4v) is 5.17. The number of anilines is 3. The molecule has 0 unspecified atom stereocenters. The average Bonchev–Trinajstić information content (AvgIpc) is 3.37. The predicted octanol–water partition coefficient (Wildman–Crippen LogP) is 6.19. The van der Waals surface area contributed by atoms with Gasteiger partial charge in [0.1, 0.15) is 5.75 Å². The van der Waals surface area contributed by atoms with Gasteiger partial charge < -0.3 is 30.7 Å². The number of benzene rings is 4. The van der Waals surface area contributed by atoms with E-state index in [4.69, 9.17) is 15.2 Å². The molecule has 230 valence electrons. The maximum atomic E-state index is 13.8. The zero-order chi connectivity index (χ0) is 32.1. The Hall–Kier alpha value is -5.41. The lowest BCUT2D eigenvalue weighted by atomic mass is 9.99. The van der Waals surface area contributed by atoms with Crippen LogP contribution < -0.4 is 26.0 Å². The molecule has 4 aromatic carbocycles. The summed E-state index contributed by atoms with van der Waals surface area (Å²) in [6.07, 6.45) is 0. The summed E-state index contributed by atoms with van der Waals surface area (Å²) in [5, 5.41) is 6.33. The number of ether oxygens (including phenoxy) is 2. The van der Waals surface area contributed by atoms with Crippen LogP contribution in [0.4, 0.5) is 17.1 Å². The van der Waals surface area contributed by atoms with Gasteiger partial charge in [0, 0.05) is 29.0 Å². The highest BCUT2D eigenvalue weighted by molar-refractivity contribution is 6.37. The first-order valence-corrected chi connectivity index (χ1v) is 14.6. The minimum absolute atomic E-state index is 0.236. The van der Waals surface area contributed by atoms with E-state index in [0.717, 1.165) is 5.56 Å². The number of methoxy groups -OCH3 is 1. The maximum absolute atomic E-state index is 13.8. The fraction of sp³-hybridized carbons (Fsp3) is 0.194. The highest BCUT2D eigenvalue weighted by atomic mass is 16.5. The molecule has 1 heterocycles. The zero-order valence-corrected chi connectivity index (χ0v) is 25.7. The lowest BCUT2D eigenvalue weighted by molar-refractivity contribution is -0.110. The third-order valence-corrected chi connectivity index (χ3v) is 7.18. The van der Waals surface area contributed by atoms with Crippen molar-refractivity contribution in [3.63, 3.8) is 0 Å². The number of nitrogens with one attached hydrogen (secondary N) is 2. The van der Waals surface area contributed by atoms with Crippen LogP contribution in [-0.4, -0.2) is 43.6 Å². The van der Waals surface area contributed by atoms with Crippen molar-refractivity contribution >= 4 is 46.1 Å². The lowest BCUT2D eigenvalue weighted by Crippen LogP contribution is -2.48. The number of fused-ring (bicyclic) bond motifs is 1. The number of hydrogen-bond acceptors (Lipinski definition) is 7. The number of amides is 2. The van der Waals surface area contributed by atoms with Crippen LogP contribution >= 0.6 is 0 Å². The number of carbonyl (C=O) groups is 3. The van der Waals surface area contributed by atoms with Gasteiger partial charge in [0.15, 0.2) is 0 Å². The summed E-state index contributed by atoms with van der Waals surface area (Å²) >= 11 is 0. The van der Waals surface area contributed by atoms with Crippen LogP contribution in [-0.2, 0) is 9.53 Å². The maximum Gasteiger partial charge on any atom is 0.338 e. The highest BCUT2D eigenvalue weighted by Crippen LogP contribution is 2.38. The van der Waals surface area contributed by atoms with Gasteiger partial charge in [0.2, 0.25) is 0 Å². The Labute approximate surface area is 262 Å². The molecule has 9 nitrogen and oxygen atoms in total. The SMILES string of the molecule is CCOC(=O)c1ccc2c(c1)NC(=O)C2=C(Nc1ccc(N(CC(C)(C)N)C(=O)c2ccccc2OC)cc1)c1ccccc1. The lowest BCUT2D eigenvalue weighted by Gasteiger charge is -2.30. The third kappa shape index (κ3) is 6.89. The van der Waals surface area contributed by atoms with E-state index in [1.807, 2.05) is 74.5 Å². The van der Waals surface area contributed by atoms with Gasteiger partial charge in [-0.15, -0.1) is 0 Å². The molecule has 0 saturated heterocycles. The Morgan fingerprint density at radius 3 is 2.27 bits per heavy atom. The van der Waals surface area contributed by atoms with E-state index in [0.29, 0.717) is 50.8 Å². The largest absolute Gasteiger partial charge is 0.496 e. The first-order chi connectivity index (χ1) is 21.6. The van der Waals surface area contributed by atoms with Gasteiger partial charge in [-0.05, 0) is 74.9 Å². The van der Waals surface area contributed by atoms with Gasteiger partial charge in [0.25, 0.3) is 11.8 Å². The monoisotopic (exact) mass is 604 g/mol. The second-order valence-electron chi connectivity index (χ2n) is 11.3. The molecular weight excluding hydrogens is 568 g/mol. The number of hydrogen-bond donors (Lipinski definition) is 3. The van der Waals surface area contributed by atoms with Crippen LogP contribution in [0.25, 0.3) is 11.3 Å². The number of rotatable bonds is 10. The van der Waals surface area contributed by atoms with E-state index in [1.165, 1.54) is 7.11 Å². The molecule has 45 heavy (non-hydrogen) atoms. The summed E-state index contributed by atoms with van der Waals surface area (Å²) in [4.78, 5) is 41.1.